The second-order valence-corrected chi connectivity index (χ2v) is 5.34. The average Bonchev–Trinajstić information content (AvgIpc) is 3.12. The summed E-state index contributed by atoms with van der Waals surface area (Å²) >= 11 is 0. The van der Waals surface area contributed by atoms with E-state index in [2.05, 4.69) is 19.9 Å². The maximum atomic E-state index is 11.9. The SMILES string of the molecule is O=C(NCC1CN2CCCC2CO1)c1cc(C(=O)O)on1. The first-order valence-electron chi connectivity index (χ1n) is 6.97. The molecule has 1 amide bonds. The van der Waals surface area contributed by atoms with Gasteiger partial charge >= 0.3 is 5.97 Å². The number of nitrogens with zero attached hydrogens (tertiary/aromatic N) is 2. The van der Waals surface area contributed by atoms with Crippen LogP contribution < -0.4 is 5.32 Å². The minimum atomic E-state index is -1.25. The Bertz CT molecular complexity index is 544. The summed E-state index contributed by atoms with van der Waals surface area (Å²) in [5.74, 6) is -2.07. The van der Waals surface area contributed by atoms with Gasteiger partial charge in [-0.15, -0.1) is 0 Å². The van der Waals surface area contributed by atoms with Crippen LogP contribution in [0, 0.1) is 0 Å². The number of hydrogen-bond acceptors (Lipinski definition) is 6. The molecule has 2 saturated heterocycles. The molecule has 3 heterocycles. The number of aromatic nitrogens is 1. The highest BCUT2D eigenvalue weighted by Gasteiger charge is 2.32. The molecule has 0 aliphatic carbocycles. The molecule has 0 aromatic carbocycles. The summed E-state index contributed by atoms with van der Waals surface area (Å²) in [6.45, 7) is 2.97. The van der Waals surface area contributed by atoms with Gasteiger partial charge in [-0.05, 0) is 19.4 Å². The Labute approximate surface area is 121 Å². The summed E-state index contributed by atoms with van der Waals surface area (Å²) < 4.78 is 10.3. The number of nitrogens with one attached hydrogen (secondary N) is 1. The molecule has 0 saturated carbocycles. The third-order valence-electron chi connectivity index (χ3n) is 3.91. The van der Waals surface area contributed by atoms with Crippen LogP contribution in [0.25, 0.3) is 0 Å². The number of carbonyl (C=O) groups excluding carboxylic acids is 1. The molecule has 114 valence electrons. The maximum absolute atomic E-state index is 11.9. The van der Waals surface area contributed by atoms with Crippen LogP contribution in [0.4, 0.5) is 0 Å². The summed E-state index contributed by atoms with van der Waals surface area (Å²) in [6, 6.07) is 1.63. The Balaban J connectivity index is 1.50. The lowest BCUT2D eigenvalue weighted by molar-refractivity contribution is -0.0462. The molecule has 0 radical (unpaired) electrons. The van der Waals surface area contributed by atoms with Gasteiger partial charge < -0.3 is 19.7 Å². The molecular weight excluding hydrogens is 278 g/mol. The molecule has 2 aliphatic rings. The average molecular weight is 295 g/mol. The topological polar surface area (TPSA) is 105 Å². The molecule has 2 atom stereocenters. The van der Waals surface area contributed by atoms with E-state index in [1.54, 1.807) is 0 Å². The molecule has 2 fully saturated rings. The van der Waals surface area contributed by atoms with E-state index in [1.165, 1.54) is 12.8 Å². The lowest BCUT2D eigenvalue weighted by Gasteiger charge is -2.35. The molecule has 1 aromatic heterocycles. The predicted octanol–water partition coefficient (Wildman–Crippen LogP) is -0.0342. The second kappa shape index (κ2) is 5.82. The van der Waals surface area contributed by atoms with Crippen molar-refractivity contribution < 1.29 is 24.0 Å². The van der Waals surface area contributed by atoms with Crippen LogP contribution in [-0.4, -0.2) is 65.4 Å². The van der Waals surface area contributed by atoms with E-state index in [9.17, 15) is 9.59 Å². The normalized spacial score (nSPS) is 25.5. The standard InChI is InChI=1S/C13H17N3O5/c17-12(10-4-11(13(18)19)21-15-10)14-5-9-6-16-3-1-2-8(16)7-20-9/h4,8-9H,1-3,5-7H2,(H,14,17)(H,18,19). The quantitative estimate of drug-likeness (QED) is 0.803. The first kappa shape index (κ1) is 14.0. The number of hydrogen-bond donors (Lipinski definition) is 2. The molecule has 2 unspecified atom stereocenters. The van der Waals surface area contributed by atoms with Crippen molar-refractivity contribution in [1.29, 1.82) is 0 Å². The summed E-state index contributed by atoms with van der Waals surface area (Å²) in [7, 11) is 0. The fourth-order valence-corrected chi connectivity index (χ4v) is 2.79. The Hall–Kier alpha value is -1.93. The Morgan fingerprint density at radius 3 is 3.14 bits per heavy atom. The van der Waals surface area contributed by atoms with Gasteiger partial charge in [0.05, 0.1) is 12.7 Å². The van der Waals surface area contributed by atoms with Crippen LogP contribution in [-0.2, 0) is 4.74 Å². The van der Waals surface area contributed by atoms with E-state index in [0.29, 0.717) is 19.2 Å². The van der Waals surface area contributed by atoms with Gasteiger partial charge in [-0.2, -0.15) is 0 Å². The zero-order chi connectivity index (χ0) is 14.8. The minimum absolute atomic E-state index is 0.0396. The van der Waals surface area contributed by atoms with Crippen molar-refractivity contribution in [2.24, 2.45) is 0 Å². The fourth-order valence-electron chi connectivity index (χ4n) is 2.79. The van der Waals surface area contributed by atoms with Gasteiger partial charge in [-0.3, -0.25) is 9.69 Å². The zero-order valence-electron chi connectivity index (χ0n) is 11.4. The monoisotopic (exact) mass is 295 g/mol. The van der Waals surface area contributed by atoms with E-state index < -0.39 is 11.9 Å². The fraction of sp³-hybridized carbons (Fsp3) is 0.615. The molecule has 2 aliphatic heterocycles. The summed E-state index contributed by atoms with van der Waals surface area (Å²) in [6.07, 6.45) is 2.33. The van der Waals surface area contributed by atoms with Crippen molar-refractivity contribution in [2.45, 2.75) is 25.0 Å². The predicted molar refractivity (Wildman–Crippen MR) is 70.1 cm³/mol. The van der Waals surface area contributed by atoms with Gasteiger partial charge in [0.15, 0.2) is 5.69 Å². The van der Waals surface area contributed by atoms with Crippen LogP contribution in [0.15, 0.2) is 10.6 Å². The van der Waals surface area contributed by atoms with Crippen molar-refractivity contribution in [2.75, 3.05) is 26.2 Å². The van der Waals surface area contributed by atoms with E-state index in [-0.39, 0.29) is 17.6 Å². The van der Waals surface area contributed by atoms with Crippen LogP contribution in [0.1, 0.15) is 33.9 Å². The van der Waals surface area contributed by atoms with E-state index >= 15 is 0 Å². The maximum Gasteiger partial charge on any atom is 0.374 e. The lowest BCUT2D eigenvalue weighted by Crippen LogP contribution is -2.50. The van der Waals surface area contributed by atoms with E-state index in [0.717, 1.165) is 19.2 Å². The molecule has 2 N–H and O–H groups in total. The van der Waals surface area contributed by atoms with Crippen molar-refractivity contribution in [3.8, 4) is 0 Å². The van der Waals surface area contributed by atoms with Gasteiger partial charge in [0, 0.05) is 25.2 Å². The highest BCUT2D eigenvalue weighted by molar-refractivity contribution is 5.94. The van der Waals surface area contributed by atoms with E-state index in [1.807, 2.05) is 0 Å². The molecule has 8 heteroatoms. The molecule has 21 heavy (non-hydrogen) atoms. The van der Waals surface area contributed by atoms with Crippen LogP contribution in [0.5, 0.6) is 0 Å². The number of aromatic carboxylic acids is 1. The van der Waals surface area contributed by atoms with Crippen molar-refractivity contribution in [1.82, 2.24) is 15.4 Å². The van der Waals surface area contributed by atoms with Gasteiger partial charge in [-0.1, -0.05) is 5.16 Å². The largest absolute Gasteiger partial charge is 0.475 e. The van der Waals surface area contributed by atoms with Crippen LogP contribution >= 0.6 is 0 Å². The molecule has 8 nitrogen and oxygen atoms in total. The number of fused-ring (bicyclic) bond motifs is 1. The Kier molecular flexibility index (Phi) is 3.89. The number of ether oxygens (including phenoxy) is 1. The number of amides is 1. The van der Waals surface area contributed by atoms with Gasteiger partial charge in [0.1, 0.15) is 0 Å². The highest BCUT2D eigenvalue weighted by atomic mass is 16.5. The van der Waals surface area contributed by atoms with Crippen molar-refractivity contribution >= 4 is 11.9 Å². The first-order valence-corrected chi connectivity index (χ1v) is 6.97. The summed E-state index contributed by atoms with van der Waals surface area (Å²) in [5.41, 5.74) is -0.0396. The molecule has 0 bridgehead atoms. The third kappa shape index (κ3) is 3.06. The minimum Gasteiger partial charge on any atom is -0.475 e. The highest BCUT2D eigenvalue weighted by Crippen LogP contribution is 2.22. The van der Waals surface area contributed by atoms with Gasteiger partial charge in [-0.25, -0.2) is 4.79 Å². The number of rotatable bonds is 4. The summed E-state index contributed by atoms with van der Waals surface area (Å²) in [5, 5.41) is 14.8. The van der Waals surface area contributed by atoms with Crippen LogP contribution in [0.2, 0.25) is 0 Å². The number of carboxylic acids is 1. The lowest BCUT2D eigenvalue weighted by atomic mass is 10.2. The molecule has 1 aromatic rings. The Morgan fingerprint density at radius 2 is 2.38 bits per heavy atom. The number of carboxylic acid groups (broad SMARTS) is 1. The van der Waals surface area contributed by atoms with Gasteiger partial charge in [0.2, 0.25) is 5.76 Å². The van der Waals surface area contributed by atoms with Crippen molar-refractivity contribution in [3.05, 3.63) is 17.5 Å². The summed E-state index contributed by atoms with van der Waals surface area (Å²) in [4.78, 5) is 24.9. The molecule has 3 rings (SSSR count). The Morgan fingerprint density at radius 1 is 1.52 bits per heavy atom. The number of carbonyl (C=O) groups is 2. The third-order valence-corrected chi connectivity index (χ3v) is 3.91. The zero-order valence-corrected chi connectivity index (χ0v) is 11.4. The number of morpholine rings is 1. The van der Waals surface area contributed by atoms with E-state index in [4.69, 9.17) is 9.84 Å². The molecular formula is C13H17N3O5. The van der Waals surface area contributed by atoms with Crippen LogP contribution in [0.3, 0.4) is 0 Å². The first-order chi connectivity index (χ1) is 10.1. The molecule has 0 spiro atoms. The smallest absolute Gasteiger partial charge is 0.374 e. The second-order valence-electron chi connectivity index (χ2n) is 5.34. The van der Waals surface area contributed by atoms with Gasteiger partial charge in [0.25, 0.3) is 5.91 Å². The van der Waals surface area contributed by atoms with Crippen molar-refractivity contribution in [3.63, 3.8) is 0 Å².